The van der Waals surface area contributed by atoms with Crippen LogP contribution in [0, 0.1) is 6.92 Å². The number of rotatable bonds is 8. The molecule has 1 aliphatic rings. The number of benzene rings is 2. The monoisotopic (exact) mass is 422 g/mol. The van der Waals surface area contributed by atoms with E-state index in [0.29, 0.717) is 25.9 Å². The van der Waals surface area contributed by atoms with E-state index in [1.807, 2.05) is 51.1 Å². The SMILES string of the molecule is CCOC(=O)C1(N(C(=O)CC)c2ccc(C)cc2)CCN(CCc2ccccc2)CC1. The number of esters is 1. The molecule has 0 spiro atoms. The van der Waals surface area contributed by atoms with E-state index >= 15 is 0 Å². The van der Waals surface area contributed by atoms with Gasteiger partial charge >= 0.3 is 5.97 Å². The molecule has 5 heteroatoms. The summed E-state index contributed by atoms with van der Waals surface area (Å²) in [5.74, 6) is -0.338. The summed E-state index contributed by atoms with van der Waals surface area (Å²) < 4.78 is 5.52. The minimum Gasteiger partial charge on any atom is -0.464 e. The number of amides is 1. The summed E-state index contributed by atoms with van der Waals surface area (Å²) in [5, 5.41) is 0. The molecule has 1 saturated heterocycles. The quantitative estimate of drug-likeness (QED) is 0.593. The molecule has 166 valence electrons. The van der Waals surface area contributed by atoms with Crippen molar-refractivity contribution in [3.05, 3.63) is 65.7 Å². The Balaban J connectivity index is 1.82. The van der Waals surface area contributed by atoms with Crippen molar-refractivity contribution in [1.82, 2.24) is 4.90 Å². The molecule has 0 aliphatic carbocycles. The van der Waals surface area contributed by atoms with Crippen LogP contribution in [0.4, 0.5) is 5.69 Å². The molecule has 0 atom stereocenters. The normalized spacial score (nSPS) is 16.0. The summed E-state index contributed by atoms with van der Waals surface area (Å²) >= 11 is 0. The van der Waals surface area contributed by atoms with Gasteiger partial charge in [0.25, 0.3) is 0 Å². The van der Waals surface area contributed by atoms with E-state index in [4.69, 9.17) is 4.74 Å². The van der Waals surface area contributed by atoms with Gasteiger partial charge in [0.05, 0.1) is 6.61 Å². The molecule has 0 aromatic heterocycles. The Bertz CT molecular complexity index is 856. The zero-order valence-corrected chi connectivity index (χ0v) is 19.0. The standard InChI is InChI=1S/C26H34N2O3/c1-4-24(29)28(23-13-11-21(3)12-14-23)26(25(30)31-5-2)16-19-27(20-17-26)18-15-22-9-7-6-8-10-22/h6-14H,4-5,15-20H2,1-3H3. The van der Waals surface area contributed by atoms with Gasteiger partial charge in [-0.3, -0.25) is 9.69 Å². The number of carbonyl (C=O) groups is 2. The summed E-state index contributed by atoms with van der Waals surface area (Å²) in [4.78, 5) is 30.5. The zero-order chi connectivity index (χ0) is 22.3. The Morgan fingerprint density at radius 3 is 2.23 bits per heavy atom. The van der Waals surface area contributed by atoms with Gasteiger partial charge in [-0.05, 0) is 50.8 Å². The van der Waals surface area contributed by atoms with Gasteiger partial charge in [0.15, 0.2) is 0 Å². The van der Waals surface area contributed by atoms with Gasteiger partial charge in [-0.2, -0.15) is 0 Å². The smallest absolute Gasteiger partial charge is 0.332 e. The first-order chi connectivity index (χ1) is 15.0. The number of likely N-dealkylation sites (tertiary alicyclic amines) is 1. The van der Waals surface area contributed by atoms with Gasteiger partial charge < -0.3 is 9.64 Å². The topological polar surface area (TPSA) is 49.9 Å². The molecular formula is C26H34N2O3. The molecular weight excluding hydrogens is 388 g/mol. The molecule has 0 bridgehead atoms. The van der Waals surface area contributed by atoms with Crippen molar-refractivity contribution in [2.24, 2.45) is 0 Å². The molecule has 2 aromatic rings. The molecule has 0 N–H and O–H groups in total. The van der Waals surface area contributed by atoms with Gasteiger partial charge in [-0.15, -0.1) is 0 Å². The average Bonchev–Trinajstić information content (AvgIpc) is 2.80. The number of hydrogen-bond acceptors (Lipinski definition) is 4. The van der Waals surface area contributed by atoms with Crippen LogP contribution in [0.15, 0.2) is 54.6 Å². The van der Waals surface area contributed by atoms with Crippen molar-refractivity contribution >= 4 is 17.6 Å². The van der Waals surface area contributed by atoms with Gasteiger partial charge in [-0.1, -0.05) is 55.0 Å². The molecule has 1 heterocycles. The second-order valence-corrected chi connectivity index (χ2v) is 8.25. The van der Waals surface area contributed by atoms with Crippen LogP contribution in [0.5, 0.6) is 0 Å². The highest BCUT2D eigenvalue weighted by Gasteiger charge is 2.49. The summed E-state index contributed by atoms with van der Waals surface area (Å²) in [7, 11) is 0. The van der Waals surface area contributed by atoms with E-state index in [-0.39, 0.29) is 11.9 Å². The van der Waals surface area contributed by atoms with Gasteiger partial charge in [0, 0.05) is 31.7 Å². The first kappa shape index (κ1) is 23.0. The number of hydrogen-bond donors (Lipinski definition) is 0. The lowest BCUT2D eigenvalue weighted by Crippen LogP contribution is -2.63. The minimum atomic E-state index is -0.957. The van der Waals surface area contributed by atoms with Crippen molar-refractivity contribution in [3.63, 3.8) is 0 Å². The lowest BCUT2D eigenvalue weighted by molar-refractivity contribution is -0.153. The van der Waals surface area contributed by atoms with Crippen LogP contribution in [0.2, 0.25) is 0 Å². The van der Waals surface area contributed by atoms with Gasteiger partial charge in [-0.25, -0.2) is 4.79 Å². The lowest BCUT2D eigenvalue weighted by atomic mass is 9.84. The first-order valence-electron chi connectivity index (χ1n) is 11.3. The van der Waals surface area contributed by atoms with Crippen molar-refractivity contribution in [2.75, 3.05) is 31.1 Å². The fourth-order valence-corrected chi connectivity index (χ4v) is 4.34. The van der Waals surface area contributed by atoms with Crippen LogP contribution in [0.1, 0.15) is 44.2 Å². The van der Waals surface area contributed by atoms with Gasteiger partial charge in [0.1, 0.15) is 5.54 Å². The highest BCUT2D eigenvalue weighted by molar-refractivity contribution is 6.02. The van der Waals surface area contributed by atoms with E-state index in [1.165, 1.54) is 5.56 Å². The van der Waals surface area contributed by atoms with Crippen molar-refractivity contribution in [1.29, 1.82) is 0 Å². The molecule has 2 aromatic carbocycles. The Kier molecular flexibility index (Phi) is 7.85. The Hall–Kier alpha value is -2.66. The van der Waals surface area contributed by atoms with Crippen molar-refractivity contribution in [2.45, 2.75) is 52.0 Å². The maximum atomic E-state index is 13.3. The van der Waals surface area contributed by atoms with Crippen molar-refractivity contribution < 1.29 is 14.3 Å². The number of piperidine rings is 1. The predicted molar refractivity (Wildman–Crippen MR) is 124 cm³/mol. The highest BCUT2D eigenvalue weighted by Crippen LogP contribution is 2.35. The van der Waals surface area contributed by atoms with Crippen LogP contribution in [0.25, 0.3) is 0 Å². The van der Waals surface area contributed by atoms with Crippen LogP contribution in [-0.2, 0) is 20.7 Å². The van der Waals surface area contributed by atoms with E-state index in [9.17, 15) is 9.59 Å². The summed E-state index contributed by atoms with van der Waals surface area (Å²) in [5.41, 5.74) is 2.24. The molecule has 0 radical (unpaired) electrons. The zero-order valence-electron chi connectivity index (χ0n) is 19.0. The molecule has 0 saturated carbocycles. The number of ether oxygens (including phenoxy) is 1. The van der Waals surface area contributed by atoms with Crippen LogP contribution >= 0.6 is 0 Å². The second kappa shape index (κ2) is 10.6. The molecule has 1 amide bonds. The molecule has 1 fully saturated rings. The average molecular weight is 423 g/mol. The second-order valence-electron chi connectivity index (χ2n) is 8.25. The predicted octanol–water partition coefficient (Wildman–Crippen LogP) is 4.38. The van der Waals surface area contributed by atoms with Crippen LogP contribution < -0.4 is 4.90 Å². The molecule has 1 aliphatic heterocycles. The number of anilines is 1. The Morgan fingerprint density at radius 1 is 1.00 bits per heavy atom. The maximum Gasteiger partial charge on any atom is 0.332 e. The summed E-state index contributed by atoms with van der Waals surface area (Å²) in [6.45, 7) is 8.43. The lowest BCUT2D eigenvalue weighted by Gasteiger charge is -2.46. The third-order valence-corrected chi connectivity index (χ3v) is 6.17. The Labute approximate surface area is 186 Å². The summed E-state index contributed by atoms with van der Waals surface area (Å²) in [6, 6.07) is 18.3. The molecule has 3 rings (SSSR count). The molecule has 5 nitrogen and oxygen atoms in total. The number of nitrogens with zero attached hydrogens (tertiary/aromatic N) is 2. The van der Waals surface area contributed by atoms with E-state index in [2.05, 4.69) is 29.2 Å². The molecule has 31 heavy (non-hydrogen) atoms. The third kappa shape index (κ3) is 5.34. The minimum absolute atomic E-state index is 0.0466. The highest BCUT2D eigenvalue weighted by atomic mass is 16.5. The fourth-order valence-electron chi connectivity index (χ4n) is 4.34. The van der Waals surface area contributed by atoms with E-state index in [1.54, 1.807) is 4.90 Å². The third-order valence-electron chi connectivity index (χ3n) is 6.17. The van der Waals surface area contributed by atoms with Crippen LogP contribution in [0.3, 0.4) is 0 Å². The summed E-state index contributed by atoms with van der Waals surface area (Å²) in [6.07, 6.45) is 2.45. The first-order valence-corrected chi connectivity index (χ1v) is 11.3. The van der Waals surface area contributed by atoms with Gasteiger partial charge in [0.2, 0.25) is 5.91 Å². The molecule has 0 unspecified atom stereocenters. The van der Waals surface area contributed by atoms with E-state index < -0.39 is 5.54 Å². The largest absolute Gasteiger partial charge is 0.464 e. The number of carbonyl (C=O) groups excluding carboxylic acids is 2. The van der Waals surface area contributed by atoms with Crippen LogP contribution in [-0.4, -0.2) is 48.6 Å². The number of aryl methyl sites for hydroxylation is 1. The van der Waals surface area contributed by atoms with E-state index in [0.717, 1.165) is 37.3 Å². The fraction of sp³-hybridized carbons (Fsp3) is 0.462. The Morgan fingerprint density at radius 2 is 1.65 bits per heavy atom. The maximum absolute atomic E-state index is 13.3. The van der Waals surface area contributed by atoms with Crippen molar-refractivity contribution in [3.8, 4) is 0 Å².